The Kier molecular flexibility index (Phi) is 4.33. The van der Waals surface area contributed by atoms with Gasteiger partial charge in [0.2, 0.25) is 0 Å². The minimum atomic E-state index is 0.223. The number of hydrogen-bond donors (Lipinski definition) is 0. The summed E-state index contributed by atoms with van der Waals surface area (Å²) in [5, 5.41) is 0.858. The van der Waals surface area contributed by atoms with Crippen LogP contribution in [0, 0.1) is 0 Å². The third-order valence-electron chi connectivity index (χ3n) is 2.37. The summed E-state index contributed by atoms with van der Waals surface area (Å²) in [4.78, 5) is 11.5. The van der Waals surface area contributed by atoms with Gasteiger partial charge in [-0.25, -0.2) is 0 Å². The number of rotatable bonds is 4. The van der Waals surface area contributed by atoms with E-state index in [4.69, 9.17) is 0 Å². The Hall–Kier alpha value is -0.630. The molecule has 0 unspecified atom stereocenters. The maximum Gasteiger partial charge on any atom is 0.162 e. The summed E-state index contributed by atoms with van der Waals surface area (Å²) in [6.45, 7) is 4.01. The fourth-order valence-corrected chi connectivity index (χ4v) is 2.01. The molecule has 76 valence electrons. The number of hydrogen-bond acceptors (Lipinski definition) is 1. The van der Waals surface area contributed by atoms with E-state index < -0.39 is 0 Å². The SMILES string of the molecule is CCC(=O)c1ccc(CBr)c(CC)c1. The van der Waals surface area contributed by atoms with Crippen LogP contribution in [0.4, 0.5) is 0 Å². The van der Waals surface area contributed by atoms with E-state index in [0.29, 0.717) is 6.42 Å². The van der Waals surface area contributed by atoms with Crippen molar-refractivity contribution in [1.82, 2.24) is 0 Å². The van der Waals surface area contributed by atoms with Crippen molar-refractivity contribution in [1.29, 1.82) is 0 Å². The van der Waals surface area contributed by atoms with Gasteiger partial charge in [-0.3, -0.25) is 4.79 Å². The highest BCUT2D eigenvalue weighted by Crippen LogP contribution is 2.16. The van der Waals surface area contributed by atoms with Gasteiger partial charge in [0.1, 0.15) is 0 Å². The molecular weight excluding hydrogens is 240 g/mol. The predicted molar refractivity (Wildman–Crippen MR) is 63.1 cm³/mol. The topological polar surface area (TPSA) is 17.1 Å². The molecule has 0 aliphatic rings. The molecule has 1 aromatic carbocycles. The molecule has 0 aromatic heterocycles. The van der Waals surface area contributed by atoms with Crippen molar-refractivity contribution in [2.24, 2.45) is 0 Å². The zero-order valence-corrected chi connectivity index (χ0v) is 10.2. The first-order valence-corrected chi connectivity index (χ1v) is 6.06. The molecule has 1 nitrogen and oxygen atoms in total. The molecule has 2 heteroatoms. The van der Waals surface area contributed by atoms with Crippen LogP contribution in [0.2, 0.25) is 0 Å². The van der Waals surface area contributed by atoms with Crippen LogP contribution in [-0.2, 0) is 11.8 Å². The number of carbonyl (C=O) groups is 1. The summed E-state index contributed by atoms with van der Waals surface area (Å²) in [6.07, 6.45) is 1.56. The first-order valence-electron chi connectivity index (χ1n) is 4.93. The van der Waals surface area contributed by atoms with Gasteiger partial charge in [0.15, 0.2) is 5.78 Å². The number of alkyl halides is 1. The minimum Gasteiger partial charge on any atom is -0.294 e. The van der Waals surface area contributed by atoms with Gasteiger partial charge < -0.3 is 0 Å². The van der Waals surface area contributed by atoms with E-state index in [0.717, 1.165) is 17.3 Å². The molecule has 0 saturated carbocycles. The van der Waals surface area contributed by atoms with Crippen molar-refractivity contribution >= 4 is 21.7 Å². The van der Waals surface area contributed by atoms with E-state index in [1.807, 2.05) is 25.1 Å². The molecular formula is C12H15BrO. The Bertz CT molecular complexity index is 331. The van der Waals surface area contributed by atoms with Crippen LogP contribution in [0.1, 0.15) is 41.8 Å². The first-order chi connectivity index (χ1) is 6.72. The second-order valence-electron chi connectivity index (χ2n) is 3.25. The maximum atomic E-state index is 11.5. The zero-order chi connectivity index (χ0) is 10.6. The molecule has 0 radical (unpaired) electrons. The van der Waals surface area contributed by atoms with Crippen molar-refractivity contribution < 1.29 is 4.79 Å². The molecule has 0 saturated heterocycles. The molecule has 0 aliphatic carbocycles. The van der Waals surface area contributed by atoms with Crippen molar-refractivity contribution in [3.8, 4) is 0 Å². The van der Waals surface area contributed by atoms with Crippen molar-refractivity contribution in [3.05, 3.63) is 34.9 Å². The molecule has 0 N–H and O–H groups in total. The lowest BCUT2D eigenvalue weighted by atomic mass is 10.00. The summed E-state index contributed by atoms with van der Waals surface area (Å²) in [7, 11) is 0. The average Bonchev–Trinajstić information content (AvgIpc) is 2.26. The van der Waals surface area contributed by atoms with E-state index in [2.05, 4.69) is 22.9 Å². The smallest absolute Gasteiger partial charge is 0.162 e. The van der Waals surface area contributed by atoms with Gasteiger partial charge in [0.25, 0.3) is 0 Å². The second kappa shape index (κ2) is 5.30. The molecule has 0 fully saturated rings. The Morgan fingerprint density at radius 1 is 1.29 bits per heavy atom. The standard InChI is InChI=1S/C12H15BrO/c1-3-9-7-10(12(14)4-2)5-6-11(9)8-13/h5-7H,3-4,8H2,1-2H3. The lowest BCUT2D eigenvalue weighted by Crippen LogP contribution is -1.99. The van der Waals surface area contributed by atoms with Gasteiger partial charge in [-0.1, -0.05) is 41.9 Å². The zero-order valence-electron chi connectivity index (χ0n) is 8.64. The highest BCUT2D eigenvalue weighted by atomic mass is 79.9. The Labute approximate surface area is 93.7 Å². The van der Waals surface area contributed by atoms with Crippen LogP contribution >= 0.6 is 15.9 Å². The average molecular weight is 255 g/mol. The summed E-state index contributed by atoms with van der Waals surface area (Å²) in [5.74, 6) is 0.223. The third kappa shape index (κ3) is 2.44. The van der Waals surface area contributed by atoms with E-state index in [9.17, 15) is 4.79 Å². The Morgan fingerprint density at radius 2 is 2.00 bits per heavy atom. The quantitative estimate of drug-likeness (QED) is 0.591. The largest absolute Gasteiger partial charge is 0.294 e. The number of Topliss-reactive ketones (excluding diaryl/α,β-unsaturated/α-hetero) is 1. The summed E-state index contributed by atoms with van der Waals surface area (Å²) in [6, 6.07) is 5.97. The molecule has 0 bridgehead atoms. The van der Waals surface area contributed by atoms with Gasteiger partial charge in [-0.05, 0) is 23.6 Å². The number of halogens is 1. The lowest BCUT2D eigenvalue weighted by Gasteiger charge is -2.06. The Morgan fingerprint density at radius 3 is 2.50 bits per heavy atom. The monoisotopic (exact) mass is 254 g/mol. The molecule has 0 spiro atoms. The van der Waals surface area contributed by atoms with Crippen molar-refractivity contribution in [3.63, 3.8) is 0 Å². The number of benzene rings is 1. The highest BCUT2D eigenvalue weighted by Gasteiger charge is 2.06. The van der Waals surface area contributed by atoms with Crippen LogP contribution in [0.5, 0.6) is 0 Å². The molecule has 0 aliphatic heterocycles. The van der Waals surface area contributed by atoms with Crippen LogP contribution in [0.15, 0.2) is 18.2 Å². The molecule has 1 rings (SSSR count). The lowest BCUT2D eigenvalue weighted by molar-refractivity contribution is 0.0988. The Balaban J connectivity index is 3.07. The van der Waals surface area contributed by atoms with Crippen LogP contribution < -0.4 is 0 Å². The van der Waals surface area contributed by atoms with Crippen molar-refractivity contribution in [2.75, 3.05) is 0 Å². The molecule has 0 atom stereocenters. The van der Waals surface area contributed by atoms with Gasteiger partial charge in [0, 0.05) is 17.3 Å². The second-order valence-corrected chi connectivity index (χ2v) is 3.81. The number of carbonyl (C=O) groups excluding carboxylic acids is 1. The molecule has 1 aromatic rings. The van der Waals surface area contributed by atoms with E-state index in [1.54, 1.807) is 0 Å². The molecule has 0 heterocycles. The van der Waals surface area contributed by atoms with Gasteiger partial charge in [-0.15, -0.1) is 0 Å². The van der Waals surface area contributed by atoms with Crippen molar-refractivity contribution in [2.45, 2.75) is 32.0 Å². The first kappa shape index (κ1) is 11.4. The minimum absolute atomic E-state index is 0.223. The van der Waals surface area contributed by atoms with Crippen LogP contribution in [-0.4, -0.2) is 5.78 Å². The third-order valence-corrected chi connectivity index (χ3v) is 2.98. The summed E-state index contributed by atoms with van der Waals surface area (Å²) in [5.41, 5.74) is 3.38. The summed E-state index contributed by atoms with van der Waals surface area (Å²) >= 11 is 3.44. The fraction of sp³-hybridized carbons (Fsp3) is 0.417. The molecule has 14 heavy (non-hydrogen) atoms. The van der Waals surface area contributed by atoms with Gasteiger partial charge in [0.05, 0.1) is 0 Å². The predicted octanol–water partition coefficient (Wildman–Crippen LogP) is 3.74. The number of aryl methyl sites for hydroxylation is 1. The maximum absolute atomic E-state index is 11.5. The normalized spacial score (nSPS) is 10.2. The molecule has 0 amide bonds. The highest BCUT2D eigenvalue weighted by molar-refractivity contribution is 9.08. The van der Waals surface area contributed by atoms with Crippen LogP contribution in [0.25, 0.3) is 0 Å². The van der Waals surface area contributed by atoms with E-state index in [1.165, 1.54) is 11.1 Å². The van der Waals surface area contributed by atoms with E-state index in [-0.39, 0.29) is 5.78 Å². The fourth-order valence-electron chi connectivity index (χ4n) is 1.46. The van der Waals surface area contributed by atoms with E-state index >= 15 is 0 Å². The van der Waals surface area contributed by atoms with Crippen LogP contribution in [0.3, 0.4) is 0 Å². The summed E-state index contributed by atoms with van der Waals surface area (Å²) < 4.78 is 0. The van der Waals surface area contributed by atoms with Gasteiger partial charge in [-0.2, -0.15) is 0 Å². The van der Waals surface area contributed by atoms with Gasteiger partial charge >= 0.3 is 0 Å². The number of ketones is 1.